The molecule has 0 radical (unpaired) electrons. The van der Waals surface area contributed by atoms with Gasteiger partial charge in [-0.05, 0) is 37.1 Å². The van der Waals surface area contributed by atoms with Gasteiger partial charge in [-0.2, -0.15) is 0 Å². The Morgan fingerprint density at radius 2 is 2.06 bits per heavy atom. The van der Waals surface area contributed by atoms with E-state index in [1.165, 1.54) is 6.07 Å². The Bertz CT molecular complexity index is 379. The molecule has 0 saturated carbocycles. The largest absolute Gasteiger partial charge is 0.329 e. The fourth-order valence-electron chi connectivity index (χ4n) is 2.19. The first-order chi connectivity index (χ1) is 8.49. The molecule has 3 heteroatoms. The number of aryl methyl sites for hydroxylation is 1. The summed E-state index contributed by atoms with van der Waals surface area (Å²) in [5.41, 5.74) is 7.66. The SMILES string of the molecule is CCC(C)CN(C)C(CN)c1ccc(F)c(C)c1. The quantitative estimate of drug-likeness (QED) is 0.843. The van der Waals surface area contributed by atoms with E-state index in [1.54, 1.807) is 6.92 Å². The fourth-order valence-corrected chi connectivity index (χ4v) is 2.19. The molecule has 0 heterocycles. The van der Waals surface area contributed by atoms with Crippen LogP contribution < -0.4 is 5.73 Å². The first-order valence-corrected chi connectivity index (χ1v) is 6.65. The summed E-state index contributed by atoms with van der Waals surface area (Å²) in [6, 6.07) is 5.44. The second-order valence-corrected chi connectivity index (χ2v) is 5.21. The smallest absolute Gasteiger partial charge is 0.126 e. The zero-order chi connectivity index (χ0) is 13.7. The summed E-state index contributed by atoms with van der Waals surface area (Å²) in [6.45, 7) is 7.78. The Morgan fingerprint density at radius 1 is 1.39 bits per heavy atom. The van der Waals surface area contributed by atoms with Crippen LogP contribution in [0, 0.1) is 18.7 Å². The Hall–Kier alpha value is -0.930. The monoisotopic (exact) mass is 252 g/mol. The summed E-state index contributed by atoms with van der Waals surface area (Å²) in [7, 11) is 2.09. The molecule has 0 aromatic heterocycles. The van der Waals surface area contributed by atoms with E-state index in [0.29, 0.717) is 18.0 Å². The second kappa shape index (κ2) is 6.86. The lowest BCUT2D eigenvalue weighted by atomic mass is 10.0. The molecule has 0 aliphatic carbocycles. The molecular weight excluding hydrogens is 227 g/mol. The van der Waals surface area contributed by atoms with Crippen LogP contribution in [0.4, 0.5) is 4.39 Å². The van der Waals surface area contributed by atoms with Crippen LogP contribution >= 0.6 is 0 Å². The number of likely N-dealkylation sites (N-methyl/N-ethyl adjacent to an activating group) is 1. The van der Waals surface area contributed by atoms with Crippen molar-refractivity contribution in [1.82, 2.24) is 4.90 Å². The molecule has 2 atom stereocenters. The summed E-state index contributed by atoms with van der Waals surface area (Å²) in [5, 5.41) is 0. The van der Waals surface area contributed by atoms with Crippen molar-refractivity contribution in [2.45, 2.75) is 33.2 Å². The lowest BCUT2D eigenvalue weighted by molar-refractivity contribution is 0.215. The van der Waals surface area contributed by atoms with E-state index >= 15 is 0 Å². The molecule has 0 amide bonds. The van der Waals surface area contributed by atoms with E-state index in [4.69, 9.17) is 5.73 Å². The lowest BCUT2D eigenvalue weighted by Crippen LogP contribution is -2.33. The molecule has 0 bridgehead atoms. The highest BCUT2D eigenvalue weighted by Crippen LogP contribution is 2.22. The van der Waals surface area contributed by atoms with Crippen molar-refractivity contribution in [2.24, 2.45) is 11.7 Å². The van der Waals surface area contributed by atoms with Crippen LogP contribution in [-0.4, -0.2) is 25.0 Å². The molecule has 2 nitrogen and oxygen atoms in total. The lowest BCUT2D eigenvalue weighted by Gasteiger charge is -2.29. The third-order valence-electron chi connectivity index (χ3n) is 3.62. The van der Waals surface area contributed by atoms with E-state index in [0.717, 1.165) is 18.5 Å². The molecule has 2 N–H and O–H groups in total. The Balaban J connectivity index is 2.84. The van der Waals surface area contributed by atoms with Crippen LogP contribution in [0.2, 0.25) is 0 Å². The number of halogens is 1. The van der Waals surface area contributed by atoms with Crippen LogP contribution in [0.3, 0.4) is 0 Å². The van der Waals surface area contributed by atoms with Crippen LogP contribution in [0.5, 0.6) is 0 Å². The first-order valence-electron chi connectivity index (χ1n) is 6.65. The highest BCUT2D eigenvalue weighted by Gasteiger charge is 2.17. The maximum Gasteiger partial charge on any atom is 0.126 e. The predicted molar refractivity (Wildman–Crippen MR) is 75.0 cm³/mol. The van der Waals surface area contributed by atoms with Crippen molar-refractivity contribution in [3.8, 4) is 0 Å². The van der Waals surface area contributed by atoms with Gasteiger partial charge in [0.25, 0.3) is 0 Å². The van der Waals surface area contributed by atoms with Gasteiger partial charge in [0.2, 0.25) is 0 Å². The van der Waals surface area contributed by atoms with E-state index in [-0.39, 0.29) is 11.9 Å². The van der Waals surface area contributed by atoms with Crippen molar-refractivity contribution in [3.63, 3.8) is 0 Å². The summed E-state index contributed by atoms with van der Waals surface area (Å²) < 4.78 is 13.3. The first kappa shape index (κ1) is 15.1. The van der Waals surface area contributed by atoms with Gasteiger partial charge in [-0.25, -0.2) is 4.39 Å². The average molecular weight is 252 g/mol. The third kappa shape index (κ3) is 3.79. The number of rotatable bonds is 6. The molecule has 18 heavy (non-hydrogen) atoms. The van der Waals surface area contributed by atoms with Gasteiger partial charge in [0, 0.05) is 19.1 Å². The number of hydrogen-bond acceptors (Lipinski definition) is 2. The maximum absolute atomic E-state index is 13.3. The molecule has 102 valence electrons. The number of benzene rings is 1. The summed E-state index contributed by atoms with van der Waals surface area (Å²) in [6.07, 6.45) is 1.16. The van der Waals surface area contributed by atoms with Gasteiger partial charge in [0.05, 0.1) is 0 Å². The van der Waals surface area contributed by atoms with E-state index < -0.39 is 0 Å². The van der Waals surface area contributed by atoms with Gasteiger partial charge in [0.15, 0.2) is 0 Å². The number of nitrogens with zero attached hydrogens (tertiary/aromatic N) is 1. The minimum atomic E-state index is -0.154. The molecule has 0 saturated heterocycles. The Labute approximate surface area is 110 Å². The predicted octanol–water partition coefficient (Wildman–Crippen LogP) is 3.11. The van der Waals surface area contributed by atoms with Crippen LogP contribution in [-0.2, 0) is 0 Å². The van der Waals surface area contributed by atoms with E-state index in [9.17, 15) is 4.39 Å². The molecule has 0 fully saturated rings. The number of nitrogens with two attached hydrogens (primary N) is 1. The standard InChI is InChI=1S/C15H25FN2/c1-5-11(2)10-18(4)15(9-17)13-6-7-14(16)12(3)8-13/h6-8,11,15H,5,9-10,17H2,1-4H3. The molecule has 0 spiro atoms. The zero-order valence-electron chi connectivity index (χ0n) is 11.9. The molecule has 2 unspecified atom stereocenters. The molecule has 0 aliphatic rings. The third-order valence-corrected chi connectivity index (χ3v) is 3.62. The molecule has 1 aromatic carbocycles. The second-order valence-electron chi connectivity index (χ2n) is 5.21. The van der Waals surface area contributed by atoms with Crippen LogP contribution in [0.25, 0.3) is 0 Å². The summed E-state index contributed by atoms with van der Waals surface area (Å²) >= 11 is 0. The van der Waals surface area contributed by atoms with Crippen LogP contribution in [0.1, 0.15) is 37.4 Å². The highest BCUT2D eigenvalue weighted by atomic mass is 19.1. The van der Waals surface area contributed by atoms with Crippen LogP contribution in [0.15, 0.2) is 18.2 Å². The van der Waals surface area contributed by atoms with Crippen molar-refractivity contribution in [3.05, 3.63) is 35.1 Å². The van der Waals surface area contributed by atoms with Crippen molar-refractivity contribution < 1.29 is 4.39 Å². The van der Waals surface area contributed by atoms with E-state index in [2.05, 4.69) is 25.8 Å². The van der Waals surface area contributed by atoms with Gasteiger partial charge in [0.1, 0.15) is 5.82 Å². The summed E-state index contributed by atoms with van der Waals surface area (Å²) in [5.74, 6) is 0.490. The van der Waals surface area contributed by atoms with Crippen molar-refractivity contribution in [1.29, 1.82) is 0 Å². The zero-order valence-corrected chi connectivity index (χ0v) is 11.9. The van der Waals surface area contributed by atoms with E-state index in [1.807, 2.05) is 12.1 Å². The Kier molecular flexibility index (Phi) is 5.76. The van der Waals surface area contributed by atoms with Gasteiger partial charge >= 0.3 is 0 Å². The Morgan fingerprint density at radius 3 is 2.56 bits per heavy atom. The minimum absolute atomic E-state index is 0.154. The molecule has 1 aromatic rings. The van der Waals surface area contributed by atoms with Gasteiger partial charge in [-0.15, -0.1) is 0 Å². The number of hydrogen-bond donors (Lipinski definition) is 1. The van der Waals surface area contributed by atoms with Gasteiger partial charge < -0.3 is 5.73 Å². The summed E-state index contributed by atoms with van der Waals surface area (Å²) in [4.78, 5) is 2.26. The van der Waals surface area contributed by atoms with Crippen molar-refractivity contribution in [2.75, 3.05) is 20.1 Å². The molecular formula is C15H25FN2. The highest BCUT2D eigenvalue weighted by molar-refractivity contribution is 5.26. The average Bonchev–Trinajstić information content (AvgIpc) is 2.34. The van der Waals surface area contributed by atoms with Gasteiger partial charge in [-0.3, -0.25) is 4.90 Å². The minimum Gasteiger partial charge on any atom is -0.329 e. The molecule has 0 aliphatic heterocycles. The molecule has 1 rings (SSSR count). The maximum atomic E-state index is 13.3. The topological polar surface area (TPSA) is 29.3 Å². The van der Waals surface area contributed by atoms with Gasteiger partial charge in [-0.1, -0.05) is 32.4 Å². The van der Waals surface area contributed by atoms with Crippen molar-refractivity contribution >= 4 is 0 Å². The fraction of sp³-hybridized carbons (Fsp3) is 0.600. The normalized spacial score (nSPS) is 14.8.